The second-order valence-corrected chi connectivity index (χ2v) is 5.31. The van der Waals surface area contributed by atoms with Crippen molar-refractivity contribution in [2.45, 2.75) is 45.6 Å². The van der Waals surface area contributed by atoms with Crippen LogP contribution in [0, 0.1) is 5.41 Å². The van der Waals surface area contributed by atoms with Gasteiger partial charge < -0.3 is 5.32 Å². The topological polar surface area (TPSA) is 32.3 Å². The van der Waals surface area contributed by atoms with Crippen LogP contribution in [0.2, 0.25) is 0 Å². The molecule has 2 saturated heterocycles. The Bertz CT molecular complexity index is 248. The first-order valence-corrected chi connectivity index (χ1v) is 6.16. The molecule has 2 rings (SSSR count). The summed E-state index contributed by atoms with van der Waals surface area (Å²) in [4.78, 5) is 14.5. The van der Waals surface area contributed by atoms with Gasteiger partial charge in [0.2, 0.25) is 5.91 Å². The summed E-state index contributed by atoms with van der Waals surface area (Å²) in [7, 11) is 0. The molecule has 1 spiro atoms. The van der Waals surface area contributed by atoms with Crippen LogP contribution in [0.1, 0.15) is 39.5 Å². The normalized spacial score (nSPS) is 33.4. The second-order valence-electron chi connectivity index (χ2n) is 5.31. The Morgan fingerprint density at radius 3 is 2.73 bits per heavy atom. The first kappa shape index (κ1) is 10.9. The first-order chi connectivity index (χ1) is 7.14. The highest BCUT2D eigenvalue weighted by molar-refractivity contribution is 5.83. The molecule has 1 atom stereocenters. The van der Waals surface area contributed by atoms with Crippen LogP contribution in [0.4, 0.5) is 0 Å². The Labute approximate surface area is 92.2 Å². The number of likely N-dealkylation sites (tertiary alicyclic amines) is 1. The molecule has 2 fully saturated rings. The van der Waals surface area contributed by atoms with Gasteiger partial charge in [-0.15, -0.1) is 0 Å². The maximum atomic E-state index is 12.0. The lowest BCUT2D eigenvalue weighted by atomic mass is 9.73. The molecule has 86 valence electrons. The fourth-order valence-electron chi connectivity index (χ4n) is 2.93. The van der Waals surface area contributed by atoms with Crippen LogP contribution in [0.3, 0.4) is 0 Å². The summed E-state index contributed by atoms with van der Waals surface area (Å²) in [5.41, 5.74) is -0.0548. The van der Waals surface area contributed by atoms with Crippen molar-refractivity contribution in [2.24, 2.45) is 5.41 Å². The van der Waals surface area contributed by atoms with Gasteiger partial charge >= 0.3 is 0 Å². The lowest BCUT2D eigenvalue weighted by Gasteiger charge is -2.45. The van der Waals surface area contributed by atoms with Crippen LogP contribution >= 0.6 is 0 Å². The predicted octanol–water partition coefficient (Wildman–Crippen LogP) is 1.39. The van der Waals surface area contributed by atoms with Gasteiger partial charge in [0.05, 0.1) is 5.41 Å². The minimum absolute atomic E-state index is 0.0548. The third kappa shape index (κ3) is 2.03. The van der Waals surface area contributed by atoms with Crippen molar-refractivity contribution in [3.63, 3.8) is 0 Å². The maximum Gasteiger partial charge on any atom is 0.227 e. The molecule has 1 amide bonds. The molecule has 0 aromatic heterocycles. The fourth-order valence-corrected chi connectivity index (χ4v) is 2.93. The zero-order valence-electron chi connectivity index (χ0n) is 9.88. The number of rotatable bonds is 1. The van der Waals surface area contributed by atoms with E-state index in [1.54, 1.807) is 0 Å². The number of amides is 1. The Morgan fingerprint density at radius 2 is 2.07 bits per heavy atom. The SMILES string of the molecule is CC(C)N1CCC[C@@]2(CCCNC2=O)C1. The summed E-state index contributed by atoms with van der Waals surface area (Å²) in [5, 5.41) is 3.04. The Morgan fingerprint density at radius 1 is 1.33 bits per heavy atom. The largest absolute Gasteiger partial charge is 0.356 e. The molecule has 15 heavy (non-hydrogen) atoms. The van der Waals surface area contributed by atoms with Gasteiger partial charge in [-0.05, 0) is 46.1 Å². The van der Waals surface area contributed by atoms with Crippen LogP contribution in [0.15, 0.2) is 0 Å². The van der Waals surface area contributed by atoms with Crippen LogP contribution in [0.5, 0.6) is 0 Å². The third-order valence-corrected chi connectivity index (χ3v) is 3.94. The number of carbonyl (C=O) groups is 1. The second kappa shape index (κ2) is 4.12. The first-order valence-electron chi connectivity index (χ1n) is 6.16. The average Bonchev–Trinajstić information content (AvgIpc) is 2.23. The summed E-state index contributed by atoms with van der Waals surface area (Å²) in [6.07, 6.45) is 4.49. The molecule has 2 aliphatic rings. The lowest BCUT2D eigenvalue weighted by Crippen LogP contribution is -2.55. The van der Waals surface area contributed by atoms with Gasteiger partial charge in [0.1, 0.15) is 0 Å². The Kier molecular flexibility index (Phi) is 3.01. The summed E-state index contributed by atoms with van der Waals surface area (Å²) in [6.45, 7) is 7.45. The van der Waals surface area contributed by atoms with Gasteiger partial charge in [-0.25, -0.2) is 0 Å². The minimum Gasteiger partial charge on any atom is -0.356 e. The van der Waals surface area contributed by atoms with Crippen molar-refractivity contribution in [3.8, 4) is 0 Å². The zero-order chi connectivity index (χ0) is 10.9. The molecule has 3 nitrogen and oxygen atoms in total. The molecule has 0 bridgehead atoms. The molecule has 0 radical (unpaired) electrons. The van der Waals surface area contributed by atoms with Gasteiger partial charge in [0.15, 0.2) is 0 Å². The van der Waals surface area contributed by atoms with Gasteiger partial charge in [-0.3, -0.25) is 9.69 Å². The fraction of sp³-hybridized carbons (Fsp3) is 0.917. The van der Waals surface area contributed by atoms with E-state index in [2.05, 4.69) is 24.1 Å². The number of hydrogen-bond donors (Lipinski definition) is 1. The van der Waals surface area contributed by atoms with Crippen LogP contribution in [0.25, 0.3) is 0 Å². The summed E-state index contributed by atoms with van der Waals surface area (Å²) < 4.78 is 0. The van der Waals surface area contributed by atoms with Gasteiger partial charge in [0.25, 0.3) is 0 Å². The lowest BCUT2D eigenvalue weighted by molar-refractivity contribution is -0.137. The van der Waals surface area contributed by atoms with Crippen molar-refractivity contribution in [2.75, 3.05) is 19.6 Å². The maximum absolute atomic E-state index is 12.0. The Hall–Kier alpha value is -0.570. The van der Waals surface area contributed by atoms with Crippen molar-refractivity contribution in [3.05, 3.63) is 0 Å². The zero-order valence-corrected chi connectivity index (χ0v) is 9.88. The van der Waals surface area contributed by atoms with E-state index < -0.39 is 0 Å². The molecule has 2 aliphatic heterocycles. The number of piperidine rings is 2. The third-order valence-electron chi connectivity index (χ3n) is 3.94. The van der Waals surface area contributed by atoms with Gasteiger partial charge in [-0.2, -0.15) is 0 Å². The molecule has 0 aromatic rings. The Balaban J connectivity index is 2.09. The average molecular weight is 210 g/mol. The highest BCUT2D eigenvalue weighted by atomic mass is 16.2. The molecular weight excluding hydrogens is 188 g/mol. The molecule has 0 unspecified atom stereocenters. The standard InChI is InChI=1S/C12H22N2O/c1-10(2)14-8-4-6-12(9-14)5-3-7-13-11(12)15/h10H,3-9H2,1-2H3,(H,13,15)/t12-/m0/s1. The number of carbonyl (C=O) groups excluding carboxylic acids is 1. The van der Waals surface area contributed by atoms with Crippen LogP contribution in [-0.2, 0) is 4.79 Å². The molecular formula is C12H22N2O. The summed E-state index contributed by atoms with van der Waals surface area (Å²) in [6, 6.07) is 0.567. The van der Waals surface area contributed by atoms with Crippen molar-refractivity contribution < 1.29 is 4.79 Å². The molecule has 0 aromatic carbocycles. The molecule has 1 N–H and O–H groups in total. The summed E-state index contributed by atoms with van der Waals surface area (Å²) in [5.74, 6) is 0.305. The quantitative estimate of drug-likeness (QED) is 0.709. The van der Waals surface area contributed by atoms with Crippen LogP contribution < -0.4 is 5.32 Å². The van der Waals surface area contributed by atoms with Crippen molar-refractivity contribution in [1.82, 2.24) is 10.2 Å². The van der Waals surface area contributed by atoms with Gasteiger partial charge in [-0.1, -0.05) is 0 Å². The molecule has 3 heteroatoms. The smallest absolute Gasteiger partial charge is 0.227 e. The van der Waals surface area contributed by atoms with E-state index >= 15 is 0 Å². The van der Waals surface area contributed by atoms with Crippen molar-refractivity contribution in [1.29, 1.82) is 0 Å². The minimum atomic E-state index is -0.0548. The number of hydrogen-bond acceptors (Lipinski definition) is 2. The monoisotopic (exact) mass is 210 g/mol. The number of nitrogens with one attached hydrogen (secondary N) is 1. The number of nitrogens with zero attached hydrogens (tertiary/aromatic N) is 1. The highest BCUT2D eigenvalue weighted by Gasteiger charge is 2.43. The highest BCUT2D eigenvalue weighted by Crippen LogP contribution is 2.37. The van der Waals surface area contributed by atoms with E-state index in [1.807, 2.05) is 0 Å². The van der Waals surface area contributed by atoms with E-state index in [4.69, 9.17) is 0 Å². The van der Waals surface area contributed by atoms with E-state index in [1.165, 1.54) is 6.42 Å². The van der Waals surface area contributed by atoms with Crippen LogP contribution in [-0.4, -0.2) is 36.5 Å². The predicted molar refractivity (Wildman–Crippen MR) is 60.6 cm³/mol. The van der Waals surface area contributed by atoms with E-state index in [-0.39, 0.29) is 5.41 Å². The van der Waals surface area contributed by atoms with E-state index in [0.29, 0.717) is 11.9 Å². The molecule has 0 aliphatic carbocycles. The van der Waals surface area contributed by atoms with E-state index in [9.17, 15) is 4.79 Å². The molecule has 2 heterocycles. The van der Waals surface area contributed by atoms with E-state index in [0.717, 1.165) is 38.9 Å². The summed E-state index contributed by atoms with van der Waals surface area (Å²) >= 11 is 0. The van der Waals surface area contributed by atoms with Gasteiger partial charge in [0, 0.05) is 19.1 Å². The molecule has 0 saturated carbocycles. The van der Waals surface area contributed by atoms with Crippen molar-refractivity contribution >= 4 is 5.91 Å².